The van der Waals surface area contributed by atoms with Crippen molar-refractivity contribution >= 4 is 0 Å². The summed E-state index contributed by atoms with van der Waals surface area (Å²) in [7, 11) is 0. The molecule has 0 amide bonds. The van der Waals surface area contributed by atoms with Crippen LogP contribution >= 0.6 is 0 Å². The van der Waals surface area contributed by atoms with Gasteiger partial charge in [-0.2, -0.15) is 0 Å². The minimum absolute atomic E-state index is 0.660. The van der Waals surface area contributed by atoms with Gasteiger partial charge >= 0.3 is 0 Å². The van der Waals surface area contributed by atoms with Crippen molar-refractivity contribution in [1.82, 2.24) is 0 Å². The zero-order chi connectivity index (χ0) is 13.9. The van der Waals surface area contributed by atoms with E-state index in [0.717, 1.165) is 29.6 Å². The Morgan fingerprint density at radius 3 is 2.00 bits per heavy atom. The predicted molar refractivity (Wildman–Crippen MR) is 82.7 cm³/mol. The number of unbranched alkanes of at least 4 members (excludes halogenated alkanes) is 1. The molecule has 0 saturated heterocycles. The zero-order valence-electron chi connectivity index (χ0n) is 13.9. The van der Waals surface area contributed by atoms with Crippen LogP contribution in [-0.4, -0.2) is 0 Å². The van der Waals surface area contributed by atoms with Crippen molar-refractivity contribution < 1.29 is 0 Å². The largest absolute Gasteiger partial charge is 0.0654 e. The first kappa shape index (κ1) is 16.1. The molecule has 1 aliphatic carbocycles. The maximum absolute atomic E-state index is 2.54. The Morgan fingerprint density at radius 1 is 1.11 bits per heavy atom. The highest BCUT2D eigenvalue weighted by molar-refractivity contribution is 5.02. The van der Waals surface area contributed by atoms with Crippen molar-refractivity contribution in [2.45, 2.75) is 80.6 Å². The smallest absolute Gasteiger partial charge is 0.0266 e. The molecule has 0 N–H and O–H groups in total. The molecule has 0 heteroatoms. The molecule has 0 nitrogen and oxygen atoms in total. The van der Waals surface area contributed by atoms with E-state index in [-0.39, 0.29) is 0 Å². The van der Waals surface area contributed by atoms with Crippen LogP contribution in [0.15, 0.2) is 0 Å². The Hall–Kier alpha value is 0. The van der Waals surface area contributed by atoms with E-state index in [1.54, 1.807) is 0 Å². The second-order valence-electron chi connectivity index (χ2n) is 7.84. The first-order valence-corrected chi connectivity index (χ1v) is 8.32. The SMILES string of the molecule is CCCCC(CC(C(C)C)C1(C)CC1C)C(C)C. The molecule has 1 aliphatic rings. The van der Waals surface area contributed by atoms with Gasteiger partial charge in [0, 0.05) is 0 Å². The predicted octanol–water partition coefficient (Wildman–Crippen LogP) is 6.16. The van der Waals surface area contributed by atoms with Crippen LogP contribution in [0.4, 0.5) is 0 Å². The lowest BCUT2D eigenvalue weighted by Gasteiger charge is -2.34. The molecule has 18 heavy (non-hydrogen) atoms. The third kappa shape index (κ3) is 3.75. The average Bonchev–Trinajstić information content (AvgIpc) is 2.86. The highest BCUT2D eigenvalue weighted by atomic mass is 14.6. The van der Waals surface area contributed by atoms with Crippen LogP contribution in [-0.2, 0) is 0 Å². The molecular weight excluding hydrogens is 216 g/mol. The van der Waals surface area contributed by atoms with Crippen LogP contribution < -0.4 is 0 Å². The Balaban J connectivity index is 2.63. The van der Waals surface area contributed by atoms with Crippen LogP contribution in [0.25, 0.3) is 0 Å². The third-order valence-electron chi connectivity index (χ3n) is 5.79. The molecule has 1 fully saturated rings. The molecule has 1 saturated carbocycles. The van der Waals surface area contributed by atoms with Gasteiger partial charge in [0.1, 0.15) is 0 Å². The number of hydrogen-bond donors (Lipinski definition) is 0. The van der Waals surface area contributed by atoms with Gasteiger partial charge in [0.25, 0.3) is 0 Å². The van der Waals surface area contributed by atoms with Crippen LogP contribution in [0.5, 0.6) is 0 Å². The van der Waals surface area contributed by atoms with Gasteiger partial charge in [-0.15, -0.1) is 0 Å². The molecule has 0 radical (unpaired) electrons. The standard InChI is InChI=1S/C18H36/c1-8-9-10-16(13(2)3)11-17(14(4)5)18(7)12-15(18)6/h13-17H,8-12H2,1-7H3. The molecule has 0 aromatic carbocycles. The minimum atomic E-state index is 0.660. The summed E-state index contributed by atoms with van der Waals surface area (Å²) < 4.78 is 0. The lowest BCUT2D eigenvalue weighted by Crippen LogP contribution is -2.25. The van der Waals surface area contributed by atoms with Crippen molar-refractivity contribution in [2.75, 3.05) is 0 Å². The Morgan fingerprint density at radius 2 is 1.67 bits per heavy atom. The van der Waals surface area contributed by atoms with Crippen LogP contribution in [0, 0.1) is 35.0 Å². The fourth-order valence-electron chi connectivity index (χ4n) is 3.94. The molecule has 0 aliphatic heterocycles. The maximum Gasteiger partial charge on any atom is -0.0266 e. The van der Waals surface area contributed by atoms with Crippen molar-refractivity contribution in [3.63, 3.8) is 0 Å². The summed E-state index contributed by atoms with van der Waals surface area (Å²) >= 11 is 0. The quantitative estimate of drug-likeness (QED) is 0.485. The summed E-state index contributed by atoms with van der Waals surface area (Å²) in [5.74, 6) is 4.56. The fourth-order valence-corrected chi connectivity index (χ4v) is 3.94. The Kier molecular flexibility index (Phi) is 5.74. The minimum Gasteiger partial charge on any atom is -0.0654 e. The van der Waals surface area contributed by atoms with E-state index in [2.05, 4.69) is 48.5 Å². The van der Waals surface area contributed by atoms with E-state index < -0.39 is 0 Å². The molecule has 4 unspecified atom stereocenters. The van der Waals surface area contributed by atoms with Crippen LogP contribution in [0.3, 0.4) is 0 Å². The van der Waals surface area contributed by atoms with Gasteiger partial charge in [0.2, 0.25) is 0 Å². The average molecular weight is 252 g/mol. The fraction of sp³-hybridized carbons (Fsp3) is 1.00. The van der Waals surface area contributed by atoms with E-state index in [1.165, 1.54) is 32.1 Å². The lowest BCUT2D eigenvalue weighted by atomic mass is 9.72. The summed E-state index contributed by atoms with van der Waals surface area (Å²) in [5.41, 5.74) is 0.660. The molecule has 0 bridgehead atoms. The highest BCUT2D eigenvalue weighted by Gasteiger charge is 2.52. The van der Waals surface area contributed by atoms with Gasteiger partial charge in [0.15, 0.2) is 0 Å². The second kappa shape index (κ2) is 6.44. The van der Waals surface area contributed by atoms with E-state index in [9.17, 15) is 0 Å². The molecule has 0 heterocycles. The lowest BCUT2D eigenvalue weighted by molar-refractivity contribution is 0.159. The summed E-state index contributed by atoms with van der Waals surface area (Å²) in [6, 6.07) is 0. The molecule has 108 valence electrons. The Bertz CT molecular complexity index is 240. The van der Waals surface area contributed by atoms with Crippen LogP contribution in [0.1, 0.15) is 80.6 Å². The normalized spacial score (nSPS) is 30.8. The summed E-state index contributed by atoms with van der Waals surface area (Å²) in [4.78, 5) is 0. The van der Waals surface area contributed by atoms with Crippen molar-refractivity contribution in [1.29, 1.82) is 0 Å². The molecular formula is C18H36. The highest BCUT2D eigenvalue weighted by Crippen LogP contribution is 2.61. The van der Waals surface area contributed by atoms with Gasteiger partial charge in [0.05, 0.1) is 0 Å². The van der Waals surface area contributed by atoms with Gasteiger partial charge in [-0.1, -0.05) is 67.7 Å². The molecule has 0 aromatic heterocycles. The van der Waals surface area contributed by atoms with Gasteiger partial charge in [-0.05, 0) is 47.8 Å². The molecule has 4 atom stereocenters. The van der Waals surface area contributed by atoms with Crippen molar-refractivity contribution in [3.8, 4) is 0 Å². The molecule has 0 spiro atoms. The number of hydrogen-bond acceptors (Lipinski definition) is 0. The first-order valence-electron chi connectivity index (χ1n) is 8.32. The van der Waals surface area contributed by atoms with Crippen molar-refractivity contribution in [3.05, 3.63) is 0 Å². The van der Waals surface area contributed by atoms with Gasteiger partial charge in [-0.3, -0.25) is 0 Å². The van der Waals surface area contributed by atoms with E-state index in [0.29, 0.717) is 5.41 Å². The Labute approximate surface area is 116 Å². The topological polar surface area (TPSA) is 0 Å². The number of rotatable bonds is 8. The summed E-state index contributed by atoms with van der Waals surface area (Å²) in [6.07, 6.45) is 7.15. The van der Waals surface area contributed by atoms with E-state index >= 15 is 0 Å². The molecule has 0 aromatic rings. The van der Waals surface area contributed by atoms with Crippen molar-refractivity contribution in [2.24, 2.45) is 35.0 Å². The zero-order valence-corrected chi connectivity index (χ0v) is 13.9. The second-order valence-corrected chi connectivity index (χ2v) is 7.84. The van der Waals surface area contributed by atoms with Crippen LogP contribution in [0.2, 0.25) is 0 Å². The van der Waals surface area contributed by atoms with E-state index in [4.69, 9.17) is 0 Å². The van der Waals surface area contributed by atoms with Gasteiger partial charge < -0.3 is 0 Å². The molecule has 1 rings (SSSR count). The monoisotopic (exact) mass is 252 g/mol. The van der Waals surface area contributed by atoms with E-state index in [1.807, 2.05) is 0 Å². The third-order valence-corrected chi connectivity index (χ3v) is 5.79. The van der Waals surface area contributed by atoms with Gasteiger partial charge in [-0.25, -0.2) is 0 Å². The summed E-state index contributed by atoms with van der Waals surface area (Å²) in [6.45, 7) is 17.1. The summed E-state index contributed by atoms with van der Waals surface area (Å²) in [5, 5.41) is 0. The maximum atomic E-state index is 2.54. The first-order chi connectivity index (χ1) is 8.32.